The monoisotopic (exact) mass is 153 g/mol. The zero-order valence-electron chi connectivity index (χ0n) is 6.45. The zero-order valence-corrected chi connectivity index (χ0v) is 6.45. The first-order valence-corrected chi connectivity index (χ1v) is 3.39. The van der Waals surface area contributed by atoms with Crippen molar-refractivity contribution in [3.8, 4) is 0 Å². The molecule has 1 aromatic heterocycles. The van der Waals surface area contributed by atoms with Gasteiger partial charge in [-0.05, 0) is 0 Å². The van der Waals surface area contributed by atoms with Crippen molar-refractivity contribution in [3.05, 3.63) is 18.1 Å². The second kappa shape index (κ2) is 3.88. The molecule has 1 aromatic rings. The first-order valence-electron chi connectivity index (χ1n) is 3.39. The smallest absolute Gasteiger partial charge is 0.145 e. The van der Waals surface area contributed by atoms with Crippen LogP contribution < -0.4 is 5.73 Å². The molecule has 0 spiro atoms. The lowest BCUT2D eigenvalue weighted by molar-refractivity contribution is 0.201. The minimum Gasteiger partial charge on any atom is -0.384 e. The summed E-state index contributed by atoms with van der Waals surface area (Å²) in [6.07, 6.45) is 3.92. The van der Waals surface area contributed by atoms with E-state index >= 15 is 0 Å². The summed E-state index contributed by atoms with van der Waals surface area (Å²) in [6, 6.07) is 0. The minimum absolute atomic E-state index is 0.490. The maximum absolute atomic E-state index is 5.53. The maximum Gasteiger partial charge on any atom is 0.145 e. The van der Waals surface area contributed by atoms with Gasteiger partial charge in [0.05, 0.1) is 12.3 Å². The molecule has 1 heterocycles. The third kappa shape index (κ3) is 2.16. The van der Waals surface area contributed by atoms with Gasteiger partial charge in [-0.1, -0.05) is 0 Å². The number of aromatic nitrogens is 2. The van der Waals surface area contributed by atoms with Gasteiger partial charge in [0.1, 0.15) is 5.82 Å². The number of hydrogen-bond acceptors (Lipinski definition) is 4. The fourth-order valence-electron chi connectivity index (χ4n) is 0.769. The van der Waals surface area contributed by atoms with Gasteiger partial charge in [-0.2, -0.15) is 0 Å². The van der Waals surface area contributed by atoms with Crippen molar-refractivity contribution in [1.82, 2.24) is 9.97 Å². The molecule has 0 saturated heterocycles. The quantitative estimate of drug-likeness (QED) is 0.676. The molecular weight excluding hydrogens is 142 g/mol. The molecule has 4 nitrogen and oxygen atoms in total. The van der Waals surface area contributed by atoms with Crippen LogP contribution in [0.5, 0.6) is 0 Å². The number of anilines is 1. The summed E-state index contributed by atoms with van der Waals surface area (Å²) in [5.74, 6) is 0.490. The van der Waals surface area contributed by atoms with E-state index in [4.69, 9.17) is 10.5 Å². The average molecular weight is 153 g/mol. The second-order valence-corrected chi connectivity index (χ2v) is 2.13. The van der Waals surface area contributed by atoms with Crippen molar-refractivity contribution in [1.29, 1.82) is 0 Å². The molecule has 1 rings (SSSR count). The molecule has 4 heteroatoms. The summed E-state index contributed by atoms with van der Waals surface area (Å²) < 4.78 is 4.88. The number of nitrogens with two attached hydrogens (primary N) is 1. The van der Waals surface area contributed by atoms with E-state index in [0.717, 1.165) is 12.1 Å². The summed E-state index contributed by atoms with van der Waals surface area (Å²) in [7, 11) is 1.65. The Morgan fingerprint density at radius 3 is 2.82 bits per heavy atom. The Labute approximate surface area is 65.4 Å². The number of nitrogen functional groups attached to an aromatic ring is 1. The predicted molar refractivity (Wildman–Crippen MR) is 42.0 cm³/mol. The highest BCUT2D eigenvalue weighted by Gasteiger charge is 1.98. The van der Waals surface area contributed by atoms with Gasteiger partial charge in [0.25, 0.3) is 0 Å². The molecule has 60 valence electrons. The number of rotatable bonds is 3. The van der Waals surface area contributed by atoms with Crippen LogP contribution in [0.15, 0.2) is 12.4 Å². The lowest BCUT2D eigenvalue weighted by Crippen LogP contribution is -2.03. The minimum atomic E-state index is 0.490. The predicted octanol–water partition coefficient (Wildman–Crippen LogP) is 0.248. The van der Waals surface area contributed by atoms with Crippen LogP contribution in [0.2, 0.25) is 0 Å². The third-order valence-electron chi connectivity index (χ3n) is 1.35. The molecule has 0 aliphatic heterocycles. The normalized spacial score (nSPS) is 9.91. The van der Waals surface area contributed by atoms with E-state index in [-0.39, 0.29) is 0 Å². The molecule has 0 radical (unpaired) electrons. The molecule has 0 unspecified atom stereocenters. The van der Waals surface area contributed by atoms with Crippen molar-refractivity contribution >= 4 is 5.82 Å². The molecule has 2 N–H and O–H groups in total. The van der Waals surface area contributed by atoms with Crippen LogP contribution in [0.25, 0.3) is 0 Å². The summed E-state index contributed by atoms with van der Waals surface area (Å²) in [5, 5.41) is 0. The Bertz CT molecular complexity index is 227. The number of methoxy groups -OCH3 is 1. The van der Waals surface area contributed by atoms with E-state index < -0.39 is 0 Å². The van der Waals surface area contributed by atoms with Gasteiger partial charge in [0.15, 0.2) is 0 Å². The highest BCUT2D eigenvalue weighted by atomic mass is 16.5. The SMILES string of the molecule is COCCc1nccnc1N. The Balaban J connectivity index is 2.62. The summed E-state index contributed by atoms with van der Waals surface area (Å²) in [5.41, 5.74) is 6.33. The van der Waals surface area contributed by atoms with E-state index in [2.05, 4.69) is 9.97 Å². The first kappa shape index (κ1) is 7.94. The Kier molecular flexibility index (Phi) is 2.80. The molecular formula is C7H11N3O. The molecule has 0 bridgehead atoms. The molecule has 0 atom stereocenters. The Morgan fingerprint density at radius 2 is 2.18 bits per heavy atom. The van der Waals surface area contributed by atoms with Crippen molar-refractivity contribution in [2.24, 2.45) is 0 Å². The van der Waals surface area contributed by atoms with E-state index in [1.807, 2.05) is 0 Å². The fourth-order valence-corrected chi connectivity index (χ4v) is 0.769. The van der Waals surface area contributed by atoms with Gasteiger partial charge in [0.2, 0.25) is 0 Å². The number of ether oxygens (including phenoxy) is 1. The van der Waals surface area contributed by atoms with Crippen LogP contribution in [0.1, 0.15) is 5.69 Å². The summed E-state index contributed by atoms with van der Waals surface area (Å²) in [4.78, 5) is 7.94. The molecule has 0 saturated carbocycles. The molecule has 0 aromatic carbocycles. The maximum atomic E-state index is 5.53. The van der Waals surface area contributed by atoms with E-state index in [1.54, 1.807) is 19.5 Å². The topological polar surface area (TPSA) is 61.0 Å². The van der Waals surface area contributed by atoms with Gasteiger partial charge in [-0.15, -0.1) is 0 Å². The Hall–Kier alpha value is -1.16. The first-order chi connectivity index (χ1) is 5.34. The van der Waals surface area contributed by atoms with Crippen molar-refractivity contribution in [3.63, 3.8) is 0 Å². The molecule has 0 fully saturated rings. The number of hydrogen-bond donors (Lipinski definition) is 1. The third-order valence-corrected chi connectivity index (χ3v) is 1.35. The van der Waals surface area contributed by atoms with Crippen LogP contribution in [0.3, 0.4) is 0 Å². The zero-order chi connectivity index (χ0) is 8.10. The average Bonchev–Trinajstić information content (AvgIpc) is 2.03. The van der Waals surface area contributed by atoms with Gasteiger partial charge in [-0.25, -0.2) is 4.98 Å². The molecule has 0 aliphatic rings. The summed E-state index contributed by atoms with van der Waals surface area (Å²) in [6.45, 7) is 0.628. The van der Waals surface area contributed by atoms with Gasteiger partial charge in [-0.3, -0.25) is 4.98 Å². The molecule has 11 heavy (non-hydrogen) atoms. The van der Waals surface area contributed by atoms with Crippen LogP contribution >= 0.6 is 0 Å². The lowest BCUT2D eigenvalue weighted by atomic mass is 10.3. The van der Waals surface area contributed by atoms with Crippen LogP contribution in [-0.2, 0) is 11.2 Å². The summed E-state index contributed by atoms with van der Waals surface area (Å²) >= 11 is 0. The van der Waals surface area contributed by atoms with E-state index in [9.17, 15) is 0 Å². The van der Waals surface area contributed by atoms with Crippen LogP contribution in [-0.4, -0.2) is 23.7 Å². The van der Waals surface area contributed by atoms with Gasteiger partial charge in [0, 0.05) is 25.9 Å². The van der Waals surface area contributed by atoms with E-state index in [0.29, 0.717) is 12.4 Å². The molecule has 0 amide bonds. The fraction of sp³-hybridized carbons (Fsp3) is 0.429. The van der Waals surface area contributed by atoms with Crippen LogP contribution in [0, 0.1) is 0 Å². The number of nitrogens with zero attached hydrogens (tertiary/aromatic N) is 2. The van der Waals surface area contributed by atoms with Crippen LogP contribution in [0.4, 0.5) is 5.82 Å². The second-order valence-electron chi connectivity index (χ2n) is 2.13. The van der Waals surface area contributed by atoms with Crippen molar-refractivity contribution in [2.75, 3.05) is 19.5 Å². The molecule has 0 aliphatic carbocycles. The van der Waals surface area contributed by atoms with Gasteiger partial charge >= 0.3 is 0 Å². The Morgan fingerprint density at radius 1 is 1.45 bits per heavy atom. The van der Waals surface area contributed by atoms with Crippen molar-refractivity contribution < 1.29 is 4.74 Å². The largest absolute Gasteiger partial charge is 0.384 e. The van der Waals surface area contributed by atoms with Crippen molar-refractivity contribution in [2.45, 2.75) is 6.42 Å². The lowest BCUT2D eigenvalue weighted by Gasteiger charge is -2.00. The highest BCUT2D eigenvalue weighted by molar-refractivity contribution is 5.32. The standard InChI is InChI=1S/C7H11N3O/c1-11-5-2-6-7(8)10-4-3-9-6/h3-4H,2,5H2,1H3,(H2,8,10). The van der Waals surface area contributed by atoms with Gasteiger partial charge < -0.3 is 10.5 Å². The van der Waals surface area contributed by atoms with E-state index in [1.165, 1.54) is 0 Å². The highest BCUT2D eigenvalue weighted by Crippen LogP contribution is 2.02.